The number of pyridine rings is 1. The quantitative estimate of drug-likeness (QED) is 0.640. The number of fused-ring (bicyclic) bond motifs is 3. The van der Waals surface area contributed by atoms with Crippen LogP contribution in [0.2, 0.25) is 0 Å². The fourth-order valence-corrected chi connectivity index (χ4v) is 3.52. The maximum Gasteiger partial charge on any atom is 0.0805 e. The van der Waals surface area contributed by atoms with Crippen LogP contribution in [0.1, 0.15) is 25.1 Å². The molecule has 0 bridgehead atoms. The summed E-state index contributed by atoms with van der Waals surface area (Å²) in [5.74, 6) is 0. The topological polar surface area (TPSA) is 24.9 Å². The van der Waals surface area contributed by atoms with E-state index in [9.17, 15) is 0 Å². The predicted octanol–water partition coefficient (Wildman–Crippen LogP) is 5.45. The van der Waals surface area contributed by atoms with Crippen molar-refractivity contribution in [3.8, 4) is 0 Å². The lowest BCUT2D eigenvalue weighted by Crippen LogP contribution is -2.04. The van der Waals surface area contributed by atoms with Crippen LogP contribution in [0.25, 0.3) is 21.7 Å². The first-order valence-corrected chi connectivity index (χ1v) is 8.21. The van der Waals surface area contributed by atoms with Crippen LogP contribution < -0.4 is 5.32 Å². The molecule has 0 radical (unpaired) electrons. The van der Waals surface area contributed by atoms with Crippen LogP contribution >= 0.6 is 15.9 Å². The van der Waals surface area contributed by atoms with Gasteiger partial charge in [-0.3, -0.25) is 4.98 Å². The van der Waals surface area contributed by atoms with Crippen molar-refractivity contribution >= 4 is 43.3 Å². The van der Waals surface area contributed by atoms with Crippen LogP contribution in [0, 0.1) is 6.92 Å². The van der Waals surface area contributed by atoms with Gasteiger partial charge in [-0.2, -0.15) is 0 Å². The van der Waals surface area contributed by atoms with E-state index in [4.69, 9.17) is 4.98 Å². The molecule has 2 nitrogen and oxygen atoms in total. The Balaban J connectivity index is 2.51. The molecule has 3 aromatic rings. The van der Waals surface area contributed by atoms with Gasteiger partial charge in [0.1, 0.15) is 0 Å². The number of nitrogens with zero attached hydrogens (tertiary/aromatic N) is 1. The monoisotopic (exact) mass is 342 g/mol. The molecule has 1 aromatic heterocycles. The number of hydrogen-bond donors (Lipinski definition) is 1. The highest BCUT2D eigenvalue weighted by molar-refractivity contribution is 9.10. The first-order valence-electron chi connectivity index (χ1n) is 7.41. The third-order valence-electron chi connectivity index (χ3n) is 3.98. The molecule has 0 saturated heterocycles. The molecule has 0 amide bonds. The van der Waals surface area contributed by atoms with E-state index in [-0.39, 0.29) is 0 Å². The molecule has 0 atom stereocenters. The summed E-state index contributed by atoms with van der Waals surface area (Å²) in [6.07, 6.45) is 0.949. The fourth-order valence-electron chi connectivity index (χ4n) is 2.94. The van der Waals surface area contributed by atoms with Crippen molar-refractivity contribution in [3.63, 3.8) is 0 Å². The summed E-state index contributed by atoms with van der Waals surface area (Å²) in [4.78, 5) is 4.94. The van der Waals surface area contributed by atoms with E-state index in [1.807, 2.05) is 0 Å². The average Bonchev–Trinajstić information content (AvgIpc) is 2.51. The summed E-state index contributed by atoms with van der Waals surface area (Å²) < 4.78 is 1.12. The Hall–Kier alpha value is -1.61. The number of nitrogens with one attached hydrogen (secondary N) is 1. The normalized spacial score (nSPS) is 11.2. The molecular weight excluding hydrogens is 324 g/mol. The summed E-state index contributed by atoms with van der Waals surface area (Å²) in [7, 11) is 0. The van der Waals surface area contributed by atoms with Crippen molar-refractivity contribution in [2.45, 2.75) is 27.2 Å². The summed E-state index contributed by atoms with van der Waals surface area (Å²) in [5, 5.41) is 7.13. The summed E-state index contributed by atoms with van der Waals surface area (Å²) in [5.41, 5.74) is 4.73. The molecule has 0 unspecified atom stereocenters. The Morgan fingerprint density at radius 3 is 2.48 bits per heavy atom. The van der Waals surface area contributed by atoms with E-state index < -0.39 is 0 Å². The third kappa shape index (κ3) is 2.30. The molecule has 0 spiro atoms. The second-order valence-corrected chi connectivity index (χ2v) is 6.10. The molecule has 2 aromatic carbocycles. The third-order valence-corrected chi connectivity index (χ3v) is 4.63. The van der Waals surface area contributed by atoms with Crippen LogP contribution in [0.3, 0.4) is 0 Å². The van der Waals surface area contributed by atoms with Gasteiger partial charge in [-0.15, -0.1) is 0 Å². The minimum atomic E-state index is 0.910. The first-order chi connectivity index (χ1) is 10.2. The smallest absolute Gasteiger partial charge is 0.0805 e. The lowest BCUT2D eigenvalue weighted by molar-refractivity contribution is 1.03. The minimum absolute atomic E-state index is 0.910. The molecule has 0 aliphatic rings. The maximum atomic E-state index is 4.94. The Morgan fingerprint density at radius 1 is 1.10 bits per heavy atom. The molecule has 0 aliphatic carbocycles. The van der Waals surface area contributed by atoms with Gasteiger partial charge in [0.25, 0.3) is 0 Å². The van der Waals surface area contributed by atoms with Crippen LogP contribution in [0.15, 0.2) is 34.8 Å². The fraction of sp³-hybridized carbons (Fsp3) is 0.278. The van der Waals surface area contributed by atoms with Gasteiger partial charge in [0, 0.05) is 33.2 Å². The highest BCUT2D eigenvalue weighted by atomic mass is 79.9. The Kier molecular flexibility index (Phi) is 3.85. The number of benzene rings is 2. The van der Waals surface area contributed by atoms with Crippen LogP contribution in [-0.4, -0.2) is 11.5 Å². The zero-order valence-corrected chi connectivity index (χ0v) is 14.2. The molecule has 21 heavy (non-hydrogen) atoms. The van der Waals surface area contributed by atoms with Gasteiger partial charge in [-0.05, 0) is 37.3 Å². The number of rotatable bonds is 3. The van der Waals surface area contributed by atoms with Crippen LogP contribution in [0.4, 0.5) is 5.69 Å². The van der Waals surface area contributed by atoms with Crippen LogP contribution in [0.5, 0.6) is 0 Å². The zero-order chi connectivity index (χ0) is 15.0. The van der Waals surface area contributed by atoms with Crippen molar-refractivity contribution in [2.24, 2.45) is 0 Å². The Bertz CT molecular complexity index is 824. The minimum Gasteiger partial charge on any atom is -0.385 e. The number of hydrogen-bond acceptors (Lipinski definition) is 2. The van der Waals surface area contributed by atoms with Crippen molar-refractivity contribution in [1.82, 2.24) is 4.98 Å². The highest BCUT2D eigenvalue weighted by Crippen LogP contribution is 2.36. The van der Waals surface area contributed by atoms with Gasteiger partial charge in [0.2, 0.25) is 0 Å². The lowest BCUT2D eigenvalue weighted by atomic mass is 10.0. The van der Waals surface area contributed by atoms with E-state index in [2.05, 4.69) is 72.3 Å². The second kappa shape index (κ2) is 5.64. The van der Waals surface area contributed by atoms with Gasteiger partial charge >= 0.3 is 0 Å². The number of aromatic nitrogens is 1. The van der Waals surface area contributed by atoms with Gasteiger partial charge < -0.3 is 5.32 Å². The predicted molar refractivity (Wildman–Crippen MR) is 95.2 cm³/mol. The van der Waals surface area contributed by atoms with E-state index in [0.717, 1.165) is 23.0 Å². The zero-order valence-electron chi connectivity index (χ0n) is 12.6. The molecule has 0 aliphatic heterocycles. The molecule has 1 N–H and O–H groups in total. The summed E-state index contributed by atoms with van der Waals surface area (Å²) in [6, 6.07) is 10.6. The van der Waals surface area contributed by atoms with Crippen molar-refractivity contribution < 1.29 is 0 Å². The van der Waals surface area contributed by atoms with Crippen molar-refractivity contribution in [2.75, 3.05) is 11.9 Å². The molecule has 3 rings (SSSR count). The van der Waals surface area contributed by atoms with Crippen molar-refractivity contribution in [1.29, 1.82) is 0 Å². The first kappa shape index (κ1) is 14.3. The second-order valence-electron chi connectivity index (χ2n) is 5.24. The van der Waals surface area contributed by atoms with E-state index in [0.29, 0.717) is 0 Å². The molecule has 108 valence electrons. The number of anilines is 1. The Morgan fingerprint density at radius 2 is 1.81 bits per heavy atom. The number of aryl methyl sites for hydroxylation is 1. The van der Waals surface area contributed by atoms with Gasteiger partial charge in [0.15, 0.2) is 0 Å². The highest BCUT2D eigenvalue weighted by Gasteiger charge is 2.14. The van der Waals surface area contributed by atoms with E-state index >= 15 is 0 Å². The van der Waals surface area contributed by atoms with Crippen LogP contribution in [-0.2, 0) is 6.42 Å². The van der Waals surface area contributed by atoms with E-state index in [1.54, 1.807) is 0 Å². The maximum absolute atomic E-state index is 4.94. The molecule has 0 saturated carbocycles. The average molecular weight is 343 g/mol. The SMILES string of the molecule is CCNc1c(C)c(CC)nc2c1cc(Br)c1ccccc12. The Labute approximate surface area is 133 Å². The van der Waals surface area contributed by atoms with Gasteiger partial charge in [-0.1, -0.05) is 47.1 Å². The standard InChI is InChI=1S/C18H19BrN2/c1-4-16-11(3)17(20-5-2)14-10-15(19)12-8-6-7-9-13(12)18(14)21-16/h6-10H,4-5H2,1-3H3,(H,20,21). The summed E-state index contributed by atoms with van der Waals surface area (Å²) >= 11 is 3.71. The molecule has 0 fully saturated rings. The summed E-state index contributed by atoms with van der Waals surface area (Å²) in [6.45, 7) is 7.37. The largest absolute Gasteiger partial charge is 0.385 e. The number of halogens is 1. The molecule has 1 heterocycles. The van der Waals surface area contributed by atoms with Crippen molar-refractivity contribution in [3.05, 3.63) is 46.1 Å². The lowest BCUT2D eigenvalue weighted by Gasteiger charge is -2.16. The van der Waals surface area contributed by atoms with Gasteiger partial charge in [0.05, 0.1) is 5.52 Å². The van der Waals surface area contributed by atoms with Gasteiger partial charge in [-0.25, -0.2) is 0 Å². The molecule has 3 heteroatoms. The molecular formula is C18H19BrN2. The van der Waals surface area contributed by atoms with E-state index in [1.165, 1.54) is 33.1 Å².